The molecule has 1 aromatic carbocycles. The van der Waals surface area contributed by atoms with Crippen LogP contribution in [0.2, 0.25) is 5.02 Å². The van der Waals surface area contributed by atoms with Crippen LogP contribution in [0.1, 0.15) is 34.8 Å². The van der Waals surface area contributed by atoms with Gasteiger partial charge in [0.15, 0.2) is 0 Å². The first kappa shape index (κ1) is 13.3. The molecule has 0 unspecified atom stereocenters. The van der Waals surface area contributed by atoms with E-state index in [4.69, 9.17) is 16.7 Å². The highest BCUT2D eigenvalue weighted by Gasteiger charge is 2.19. The summed E-state index contributed by atoms with van der Waals surface area (Å²) in [6.07, 6.45) is 2.13. The Balaban J connectivity index is 0.00000128. The molecule has 1 saturated heterocycles. The molecule has 0 radical (unpaired) electrons. The predicted octanol–water partition coefficient (Wildman–Crippen LogP) is 2.88. The number of nitrogens with one attached hydrogen (secondary N) is 1. The molecular weight excluding hydrogens is 249 g/mol. The van der Waals surface area contributed by atoms with E-state index < -0.39 is 5.97 Å². The minimum absolute atomic E-state index is 0. The van der Waals surface area contributed by atoms with Gasteiger partial charge in [-0.25, -0.2) is 4.79 Å². The zero-order valence-corrected chi connectivity index (χ0v) is 10.1. The van der Waals surface area contributed by atoms with Gasteiger partial charge in [0, 0.05) is 11.1 Å². The molecule has 2 N–H and O–H groups in total. The molecule has 1 heterocycles. The van der Waals surface area contributed by atoms with Gasteiger partial charge >= 0.3 is 5.97 Å². The molecule has 88 valence electrons. The van der Waals surface area contributed by atoms with Crippen molar-refractivity contribution in [3.8, 4) is 0 Å². The maximum Gasteiger partial charge on any atom is 0.335 e. The van der Waals surface area contributed by atoms with E-state index in [1.807, 2.05) is 0 Å². The van der Waals surface area contributed by atoms with Gasteiger partial charge in [0.1, 0.15) is 0 Å². The fraction of sp³-hybridized carbons (Fsp3) is 0.364. The number of hydrogen-bond acceptors (Lipinski definition) is 2. The van der Waals surface area contributed by atoms with Gasteiger partial charge in [-0.3, -0.25) is 0 Å². The number of hydrogen-bond donors (Lipinski definition) is 2. The van der Waals surface area contributed by atoms with Crippen LogP contribution in [0.15, 0.2) is 18.2 Å². The van der Waals surface area contributed by atoms with E-state index in [2.05, 4.69) is 5.32 Å². The summed E-state index contributed by atoms with van der Waals surface area (Å²) < 4.78 is 0. The summed E-state index contributed by atoms with van der Waals surface area (Å²) >= 11 is 6.05. The molecule has 1 atom stereocenters. The molecule has 0 bridgehead atoms. The van der Waals surface area contributed by atoms with E-state index in [0.717, 1.165) is 24.9 Å². The summed E-state index contributed by atoms with van der Waals surface area (Å²) in [5.41, 5.74) is 1.19. The number of carboxylic acids is 1. The Bertz CT molecular complexity index is 390. The molecule has 3 nitrogen and oxygen atoms in total. The lowest BCUT2D eigenvalue weighted by Crippen LogP contribution is -2.14. The van der Waals surface area contributed by atoms with Crippen molar-refractivity contribution in [2.24, 2.45) is 0 Å². The van der Waals surface area contributed by atoms with Gasteiger partial charge in [-0.05, 0) is 43.1 Å². The Morgan fingerprint density at radius 3 is 2.81 bits per heavy atom. The third kappa shape index (κ3) is 2.67. The Morgan fingerprint density at radius 2 is 2.25 bits per heavy atom. The standard InChI is InChI=1S/C11H12ClNO2.ClH/c12-9-4-3-7(11(14)15)6-8(9)10-2-1-5-13-10;/h3-4,6,10,13H,1-2,5H2,(H,14,15);1H/t10-;/m0./s1. The zero-order chi connectivity index (χ0) is 10.8. The normalized spacial score (nSPS) is 19.2. The average Bonchev–Trinajstić information content (AvgIpc) is 2.71. The lowest BCUT2D eigenvalue weighted by atomic mass is 10.0. The smallest absolute Gasteiger partial charge is 0.335 e. The second-order valence-electron chi connectivity index (χ2n) is 3.69. The second kappa shape index (κ2) is 5.53. The number of halogens is 2. The van der Waals surface area contributed by atoms with Crippen molar-refractivity contribution in [2.45, 2.75) is 18.9 Å². The van der Waals surface area contributed by atoms with E-state index in [9.17, 15) is 4.79 Å². The Morgan fingerprint density at radius 1 is 1.50 bits per heavy atom. The first-order valence-electron chi connectivity index (χ1n) is 4.94. The minimum Gasteiger partial charge on any atom is -0.478 e. The highest BCUT2D eigenvalue weighted by atomic mass is 35.5. The van der Waals surface area contributed by atoms with Gasteiger partial charge in [-0.2, -0.15) is 0 Å². The molecule has 0 amide bonds. The maximum absolute atomic E-state index is 10.8. The molecule has 0 aromatic heterocycles. The average molecular weight is 262 g/mol. The summed E-state index contributed by atoms with van der Waals surface area (Å²) in [4.78, 5) is 10.8. The van der Waals surface area contributed by atoms with E-state index in [1.54, 1.807) is 12.1 Å². The first-order chi connectivity index (χ1) is 7.18. The lowest BCUT2D eigenvalue weighted by Gasteiger charge is -2.13. The molecule has 1 fully saturated rings. The summed E-state index contributed by atoms with van der Waals surface area (Å²) in [6.45, 7) is 0.971. The molecular formula is C11H13Cl2NO2. The number of carboxylic acid groups (broad SMARTS) is 1. The van der Waals surface area contributed by atoms with Crippen LogP contribution in [0.25, 0.3) is 0 Å². The van der Waals surface area contributed by atoms with Crippen molar-refractivity contribution in [3.05, 3.63) is 34.3 Å². The first-order valence-corrected chi connectivity index (χ1v) is 5.32. The number of aromatic carboxylic acids is 1. The van der Waals surface area contributed by atoms with Crippen LogP contribution in [-0.2, 0) is 0 Å². The predicted molar refractivity (Wildman–Crippen MR) is 65.6 cm³/mol. The topological polar surface area (TPSA) is 49.3 Å². The SMILES string of the molecule is Cl.O=C(O)c1ccc(Cl)c([C@@H]2CCCN2)c1. The van der Waals surface area contributed by atoms with Gasteiger partial charge in [0.2, 0.25) is 0 Å². The molecule has 1 aliphatic rings. The molecule has 1 aliphatic heterocycles. The molecule has 2 rings (SSSR count). The van der Waals surface area contributed by atoms with Crippen LogP contribution in [-0.4, -0.2) is 17.6 Å². The number of rotatable bonds is 2. The molecule has 5 heteroatoms. The molecule has 0 saturated carbocycles. The van der Waals surface area contributed by atoms with E-state index in [0.29, 0.717) is 10.6 Å². The van der Waals surface area contributed by atoms with E-state index >= 15 is 0 Å². The zero-order valence-electron chi connectivity index (χ0n) is 8.57. The highest BCUT2D eigenvalue weighted by Crippen LogP contribution is 2.29. The Kier molecular flexibility index (Phi) is 4.59. The van der Waals surface area contributed by atoms with Crippen LogP contribution < -0.4 is 5.32 Å². The highest BCUT2D eigenvalue weighted by molar-refractivity contribution is 6.31. The monoisotopic (exact) mass is 261 g/mol. The minimum atomic E-state index is -0.911. The summed E-state index contributed by atoms with van der Waals surface area (Å²) in [5, 5.41) is 12.8. The largest absolute Gasteiger partial charge is 0.478 e. The number of benzene rings is 1. The molecule has 1 aromatic rings. The summed E-state index contributed by atoms with van der Waals surface area (Å²) in [6, 6.07) is 5.05. The fourth-order valence-corrected chi connectivity index (χ4v) is 2.14. The van der Waals surface area contributed by atoms with Gasteiger partial charge in [-0.15, -0.1) is 12.4 Å². The van der Waals surface area contributed by atoms with Crippen LogP contribution in [0.5, 0.6) is 0 Å². The van der Waals surface area contributed by atoms with Crippen molar-refractivity contribution in [1.82, 2.24) is 5.32 Å². The third-order valence-electron chi connectivity index (χ3n) is 2.68. The fourth-order valence-electron chi connectivity index (χ4n) is 1.89. The van der Waals surface area contributed by atoms with Gasteiger partial charge in [-0.1, -0.05) is 11.6 Å². The lowest BCUT2D eigenvalue weighted by molar-refractivity contribution is 0.0696. The van der Waals surface area contributed by atoms with Gasteiger partial charge in [0.25, 0.3) is 0 Å². The van der Waals surface area contributed by atoms with Crippen LogP contribution in [0.3, 0.4) is 0 Å². The van der Waals surface area contributed by atoms with Crippen LogP contribution in [0, 0.1) is 0 Å². The van der Waals surface area contributed by atoms with Gasteiger partial charge < -0.3 is 10.4 Å². The van der Waals surface area contributed by atoms with Crippen molar-refractivity contribution in [1.29, 1.82) is 0 Å². The van der Waals surface area contributed by atoms with E-state index in [1.165, 1.54) is 6.07 Å². The second-order valence-corrected chi connectivity index (χ2v) is 4.10. The maximum atomic E-state index is 10.8. The Labute approximate surface area is 105 Å². The molecule has 16 heavy (non-hydrogen) atoms. The van der Waals surface area contributed by atoms with Crippen molar-refractivity contribution >= 4 is 30.0 Å². The van der Waals surface area contributed by atoms with Gasteiger partial charge in [0.05, 0.1) is 5.56 Å². The molecule has 0 aliphatic carbocycles. The summed E-state index contributed by atoms with van der Waals surface area (Å²) in [7, 11) is 0. The molecule has 0 spiro atoms. The van der Waals surface area contributed by atoms with E-state index in [-0.39, 0.29) is 18.4 Å². The van der Waals surface area contributed by atoms with Crippen LogP contribution in [0.4, 0.5) is 0 Å². The summed E-state index contributed by atoms with van der Waals surface area (Å²) in [5.74, 6) is -0.911. The van der Waals surface area contributed by atoms with Crippen molar-refractivity contribution in [2.75, 3.05) is 6.54 Å². The quantitative estimate of drug-likeness (QED) is 0.861. The Hall–Kier alpha value is -0.770. The number of carbonyl (C=O) groups is 1. The van der Waals surface area contributed by atoms with Crippen LogP contribution >= 0.6 is 24.0 Å². The third-order valence-corrected chi connectivity index (χ3v) is 3.02. The van der Waals surface area contributed by atoms with Crippen molar-refractivity contribution in [3.63, 3.8) is 0 Å². The van der Waals surface area contributed by atoms with Crippen molar-refractivity contribution < 1.29 is 9.90 Å².